The molecule has 2 heteroatoms. The zero-order valence-electron chi connectivity index (χ0n) is 8.80. The Morgan fingerprint density at radius 1 is 1.31 bits per heavy atom. The number of nitrogens with two attached hydrogens (primary N) is 1. The molecule has 0 spiro atoms. The highest BCUT2D eigenvalue weighted by Crippen LogP contribution is 2.20. The summed E-state index contributed by atoms with van der Waals surface area (Å²) in [4.78, 5) is 0. The van der Waals surface area contributed by atoms with Gasteiger partial charge in [-0.1, -0.05) is 19.3 Å². The van der Waals surface area contributed by atoms with Crippen LogP contribution in [0, 0.1) is 0 Å². The van der Waals surface area contributed by atoms with Crippen LogP contribution in [0.4, 0.5) is 0 Å². The Balaban J connectivity index is 1.92. The first-order valence-corrected chi connectivity index (χ1v) is 5.66. The van der Waals surface area contributed by atoms with E-state index in [1.807, 2.05) is 0 Å². The summed E-state index contributed by atoms with van der Waals surface area (Å²) in [5, 5.41) is 0. The van der Waals surface area contributed by atoms with Gasteiger partial charge in [-0.05, 0) is 32.6 Å². The van der Waals surface area contributed by atoms with E-state index in [0.717, 1.165) is 19.4 Å². The van der Waals surface area contributed by atoms with Gasteiger partial charge >= 0.3 is 0 Å². The molecule has 0 aromatic rings. The van der Waals surface area contributed by atoms with E-state index in [-0.39, 0.29) is 0 Å². The Hall–Kier alpha value is -0.0800. The van der Waals surface area contributed by atoms with Gasteiger partial charge in [-0.3, -0.25) is 0 Å². The van der Waals surface area contributed by atoms with Crippen molar-refractivity contribution in [2.45, 2.75) is 64.0 Å². The van der Waals surface area contributed by atoms with Gasteiger partial charge in [-0.2, -0.15) is 0 Å². The molecule has 1 fully saturated rings. The van der Waals surface area contributed by atoms with E-state index in [9.17, 15) is 0 Å². The van der Waals surface area contributed by atoms with Crippen LogP contribution in [0.1, 0.15) is 51.9 Å². The van der Waals surface area contributed by atoms with Crippen molar-refractivity contribution in [3.63, 3.8) is 0 Å². The van der Waals surface area contributed by atoms with Crippen LogP contribution in [0.25, 0.3) is 0 Å². The Kier molecular flexibility index (Phi) is 5.40. The van der Waals surface area contributed by atoms with Crippen molar-refractivity contribution in [1.29, 1.82) is 0 Å². The quantitative estimate of drug-likeness (QED) is 0.668. The minimum absolute atomic E-state index is 0.329. The summed E-state index contributed by atoms with van der Waals surface area (Å²) < 4.78 is 5.78. The van der Waals surface area contributed by atoms with E-state index in [0.29, 0.717) is 12.1 Å². The lowest BCUT2D eigenvalue weighted by Gasteiger charge is -2.22. The molecule has 0 aromatic carbocycles. The normalized spacial score (nSPS) is 21.7. The zero-order chi connectivity index (χ0) is 9.52. The minimum Gasteiger partial charge on any atom is -0.378 e. The van der Waals surface area contributed by atoms with Crippen LogP contribution in [-0.4, -0.2) is 18.8 Å². The van der Waals surface area contributed by atoms with Crippen molar-refractivity contribution >= 4 is 0 Å². The van der Waals surface area contributed by atoms with E-state index in [1.54, 1.807) is 0 Å². The fourth-order valence-electron chi connectivity index (χ4n) is 1.89. The molecule has 1 unspecified atom stereocenters. The van der Waals surface area contributed by atoms with Crippen molar-refractivity contribution in [3.8, 4) is 0 Å². The molecule has 1 rings (SSSR count). The van der Waals surface area contributed by atoms with Crippen LogP contribution in [0.15, 0.2) is 0 Å². The van der Waals surface area contributed by atoms with Crippen molar-refractivity contribution in [2.24, 2.45) is 5.73 Å². The highest BCUT2D eigenvalue weighted by molar-refractivity contribution is 4.65. The summed E-state index contributed by atoms with van der Waals surface area (Å²) in [7, 11) is 0. The smallest absolute Gasteiger partial charge is 0.0575 e. The first-order valence-electron chi connectivity index (χ1n) is 5.66. The monoisotopic (exact) mass is 185 g/mol. The molecule has 0 radical (unpaired) electrons. The third kappa shape index (κ3) is 5.27. The number of ether oxygens (including phenoxy) is 1. The van der Waals surface area contributed by atoms with Gasteiger partial charge in [0.25, 0.3) is 0 Å². The SMILES string of the molecule is CC(N)CCCOC1CCCCC1. The molecule has 0 bridgehead atoms. The summed E-state index contributed by atoms with van der Waals surface area (Å²) >= 11 is 0. The molecule has 1 saturated carbocycles. The lowest BCUT2D eigenvalue weighted by molar-refractivity contribution is 0.0260. The summed E-state index contributed by atoms with van der Waals surface area (Å²) in [5.41, 5.74) is 5.66. The van der Waals surface area contributed by atoms with Gasteiger partial charge in [0.2, 0.25) is 0 Å². The van der Waals surface area contributed by atoms with Crippen LogP contribution >= 0.6 is 0 Å². The second-order valence-electron chi connectivity index (χ2n) is 4.25. The molecule has 0 heterocycles. The van der Waals surface area contributed by atoms with E-state index in [4.69, 9.17) is 10.5 Å². The molecule has 13 heavy (non-hydrogen) atoms. The number of rotatable bonds is 5. The van der Waals surface area contributed by atoms with Crippen LogP contribution in [0.5, 0.6) is 0 Å². The lowest BCUT2D eigenvalue weighted by atomic mass is 9.98. The third-order valence-corrected chi connectivity index (χ3v) is 2.71. The van der Waals surface area contributed by atoms with Gasteiger partial charge in [0.05, 0.1) is 6.10 Å². The standard InChI is InChI=1S/C11H23NO/c1-10(12)6-5-9-13-11-7-3-2-4-8-11/h10-11H,2-9,12H2,1H3. The van der Waals surface area contributed by atoms with E-state index in [1.165, 1.54) is 32.1 Å². The lowest BCUT2D eigenvalue weighted by Crippen LogP contribution is -2.19. The second kappa shape index (κ2) is 6.39. The molecular weight excluding hydrogens is 162 g/mol. The molecular formula is C11H23NO. The van der Waals surface area contributed by atoms with E-state index in [2.05, 4.69) is 6.92 Å². The third-order valence-electron chi connectivity index (χ3n) is 2.71. The topological polar surface area (TPSA) is 35.2 Å². The first kappa shape index (κ1) is 11.0. The van der Waals surface area contributed by atoms with Crippen molar-refractivity contribution in [2.75, 3.05) is 6.61 Å². The van der Waals surface area contributed by atoms with Crippen molar-refractivity contribution in [1.82, 2.24) is 0 Å². The number of hydrogen-bond acceptors (Lipinski definition) is 2. The van der Waals surface area contributed by atoms with Crippen LogP contribution in [-0.2, 0) is 4.74 Å². The van der Waals surface area contributed by atoms with E-state index < -0.39 is 0 Å². The maximum Gasteiger partial charge on any atom is 0.0575 e. The predicted octanol–water partition coefficient (Wildman–Crippen LogP) is 2.46. The molecule has 1 aliphatic carbocycles. The average molecular weight is 185 g/mol. The summed E-state index contributed by atoms with van der Waals surface area (Å²) in [6.07, 6.45) is 9.44. The molecule has 0 aromatic heterocycles. The molecule has 78 valence electrons. The average Bonchev–Trinajstić information content (AvgIpc) is 2.14. The van der Waals surface area contributed by atoms with E-state index >= 15 is 0 Å². The Labute approximate surface area is 81.8 Å². The number of hydrogen-bond donors (Lipinski definition) is 1. The Morgan fingerprint density at radius 3 is 2.62 bits per heavy atom. The molecule has 0 aliphatic heterocycles. The van der Waals surface area contributed by atoms with Gasteiger partial charge in [-0.15, -0.1) is 0 Å². The van der Waals surface area contributed by atoms with Crippen LogP contribution in [0.3, 0.4) is 0 Å². The van der Waals surface area contributed by atoms with Crippen molar-refractivity contribution < 1.29 is 4.74 Å². The van der Waals surface area contributed by atoms with Gasteiger partial charge in [0, 0.05) is 12.6 Å². The first-order chi connectivity index (χ1) is 6.29. The van der Waals surface area contributed by atoms with Gasteiger partial charge in [-0.25, -0.2) is 0 Å². The van der Waals surface area contributed by atoms with Crippen LogP contribution in [0.2, 0.25) is 0 Å². The second-order valence-corrected chi connectivity index (χ2v) is 4.25. The summed E-state index contributed by atoms with van der Waals surface area (Å²) in [5.74, 6) is 0. The molecule has 1 aliphatic rings. The maximum absolute atomic E-state index is 5.78. The van der Waals surface area contributed by atoms with Gasteiger partial charge in [0.1, 0.15) is 0 Å². The zero-order valence-corrected chi connectivity index (χ0v) is 8.80. The van der Waals surface area contributed by atoms with Gasteiger partial charge < -0.3 is 10.5 Å². The van der Waals surface area contributed by atoms with Gasteiger partial charge in [0.15, 0.2) is 0 Å². The molecule has 0 amide bonds. The maximum atomic E-state index is 5.78. The van der Waals surface area contributed by atoms with Crippen molar-refractivity contribution in [3.05, 3.63) is 0 Å². The highest BCUT2D eigenvalue weighted by Gasteiger charge is 2.12. The molecule has 1 atom stereocenters. The molecule has 2 nitrogen and oxygen atoms in total. The summed E-state index contributed by atoms with van der Waals surface area (Å²) in [6, 6.07) is 0.329. The highest BCUT2D eigenvalue weighted by atomic mass is 16.5. The fraction of sp³-hybridized carbons (Fsp3) is 1.00. The largest absolute Gasteiger partial charge is 0.378 e. The molecule has 2 N–H and O–H groups in total. The Morgan fingerprint density at radius 2 is 2.00 bits per heavy atom. The molecule has 0 saturated heterocycles. The summed E-state index contributed by atoms with van der Waals surface area (Å²) in [6.45, 7) is 2.97. The minimum atomic E-state index is 0.329. The fourth-order valence-corrected chi connectivity index (χ4v) is 1.89. The van der Waals surface area contributed by atoms with Crippen LogP contribution < -0.4 is 5.73 Å². The predicted molar refractivity (Wildman–Crippen MR) is 55.7 cm³/mol. The Bertz CT molecular complexity index is 119.